The molecule has 1 heterocycles. The van der Waals surface area contributed by atoms with Crippen LogP contribution in [0.1, 0.15) is 41.2 Å². The number of hydrogen-bond donors (Lipinski definition) is 0. The Morgan fingerprint density at radius 1 is 0.838 bits per heavy atom. The highest BCUT2D eigenvalue weighted by Crippen LogP contribution is 2.46. The number of benzene rings is 1. The van der Waals surface area contributed by atoms with E-state index in [9.17, 15) is 14.4 Å². The number of rotatable bonds is 7. The zero-order valence-corrected chi connectivity index (χ0v) is 21.6. The predicted octanol–water partition coefficient (Wildman–Crippen LogP) is 5.65. The first-order valence-electron chi connectivity index (χ1n) is 12.1. The van der Waals surface area contributed by atoms with Crippen LogP contribution in [0.2, 0.25) is 0 Å². The second-order valence-corrected chi connectivity index (χ2v) is 8.49. The van der Waals surface area contributed by atoms with Crippen molar-refractivity contribution in [3.8, 4) is 16.8 Å². The van der Waals surface area contributed by atoms with Gasteiger partial charge in [-0.1, -0.05) is 48.0 Å². The quantitative estimate of drug-likeness (QED) is 0.186. The first-order chi connectivity index (χ1) is 17.8. The molecule has 2 aromatic rings. The van der Waals surface area contributed by atoms with Crippen LogP contribution in [0.5, 0.6) is 0 Å². The van der Waals surface area contributed by atoms with Gasteiger partial charge in [0.2, 0.25) is 0 Å². The summed E-state index contributed by atoms with van der Waals surface area (Å²) in [6.07, 6.45) is 1.14. The molecular formula is C30H29NO6. The van der Waals surface area contributed by atoms with Gasteiger partial charge in [0.25, 0.3) is 0 Å². The van der Waals surface area contributed by atoms with E-state index in [2.05, 4.69) is 0 Å². The molecule has 0 fully saturated rings. The van der Waals surface area contributed by atoms with E-state index < -0.39 is 17.9 Å². The van der Waals surface area contributed by atoms with E-state index in [4.69, 9.17) is 14.2 Å². The maximum Gasteiger partial charge on any atom is 0.340 e. The third-order valence-electron chi connectivity index (χ3n) is 6.22. The van der Waals surface area contributed by atoms with E-state index in [1.807, 2.05) is 73.0 Å². The zero-order chi connectivity index (χ0) is 26.7. The Morgan fingerprint density at radius 3 is 2.11 bits per heavy atom. The summed E-state index contributed by atoms with van der Waals surface area (Å²) in [6, 6.07) is 17.2. The standard InChI is InChI=1S/C30H29NO6/c1-6-36-24(32)17-23(29(33)37-7-2)28-27-25(19(4)31(28)20-15-13-18(3)14-16-20)21-11-9-8-10-12-22(21)26(27)30(34)35-5/h8-17H,6-7H2,1-5H3. The van der Waals surface area contributed by atoms with E-state index >= 15 is 0 Å². The molecule has 0 aliphatic heterocycles. The Labute approximate surface area is 215 Å². The molecule has 0 unspecified atom stereocenters. The third kappa shape index (κ3) is 4.60. The second kappa shape index (κ2) is 10.7. The maximum absolute atomic E-state index is 13.4. The van der Waals surface area contributed by atoms with Crippen molar-refractivity contribution in [2.45, 2.75) is 27.7 Å². The van der Waals surface area contributed by atoms with Crippen LogP contribution in [0.15, 0.2) is 60.7 Å². The van der Waals surface area contributed by atoms with Gasteiger partial charge < -0.3 is 18.8 Å². The van der Waals surface area contributed by atoms with Gasteiger partial charge in [-0.2, -0.15) is 0 Å². The fourth-order valence-electron chi connectivity index (χ4n) is 4.70. The van der Waals surface area contributed by atoms with Crippen molar-refractivity contribution in [3.05, 3.63) is 83.2 Å². The molecule has 0 spiro atoms. The van der Waals surface area contributed by atoms with Crippen molar-refractivity contribution < 1.29 is 28.6 Å². The Bertz CT molecular complexity index is 1490. The van der Waals surface area contributed by atoms with Gasteiger partial charge in [-0.15, -0.1) is 0 Å². The molecule has 37 heavy (non-hydrogen) atoms. The number of fused-ring (bicyclic) bond motifs is 3. The van der Waals surface area contributed by atoms with Gasteiger partial charge in [0.1, 0.15) is 0 Å². The van der Waals surface area contributed by atoms with E-state index in [-0.39, 0.29) is 18.8 Å². The van der Waals surface area contributed by atoms with Crippen molar-refractivity contribution in [2.24, 2.45) is 0 Å². The van der Waals surface area contributed by atoms with Gasteiger partial charge >= 0.3 is 17.9 Å². The normalized spacial score (nSPS) is 11.5. The minimum atomic E-state index is -0.699. The number of aryl methyl sites for hydroxylation is 2. The summed E-state index contributed by atoms with van der Waals surface area (Å²) >= 11 is 0. The van der Waals surface area contributed by atoms with Gasteiger partial charge in [0, 0.05) is 28.2 Å². The van der Waals surface area contributed by atoms with E-state index in [0.29, 0.717) is 22.2 Å². The van der Waals surface area contributed by atoms with Crippen LogP contribution in [-0.2, 0) is 23.8 Å². The summed E-state index contributed by atoms with van der Waals surface area (Å²) in [7, 11) is 1.32. The maximum atomic E-state index is 13.4. The zero-order valence-electron chi connectivity index (χ0n) is 21.6. The summed E-state index contributed by atoms with van der Waals surface area (Å²) in [6.45, 7) is 7.53. The lowest BCUT2D eigenvalue weighted by atomic mass is 10.0. The smallest absolute Gasteiger partial charge is 0.340 e. The topological polar surface area (TPSA) is 83.8 Å². The van der Waals surface area contributed by atoms with Crippen LogP contribution in [0.3, 0.4) is 0 Å². The number of carbonyl (C=O) groups excluding carboxylic acids is 3. The molecular weight excluding hydrogens is 470 g/mol. The van der Waals surface area contributed by atoms with Gasteiger partial charge in [-0.3, -0.25) is 0 Å². The molecule has 2 aliphatic rings. The molecule has 0 N–H and O–H groups in total. The monoisotopic (exact) mass is 499 g/mol. The van der Waals surface area contributed by atoms with Crippen molar-refractivity contribution in [2.75, 3.05) is 20.3 Å². The molecule has 0 radical (unpaired) electrons. The highest BCUT2D eigenvalue weighted by Gasteiger charge is 2.34. The average Bonchev–Trinajstić information content (AvgIpc) is 3.22. The van der Waals surface area contributed by atoms with E-state index in [0.717, 1.165) is 34.0 Å². The van der Waals surface area contributed by atoms with Crippen LogP contribution in [0.4, 0.5) is 0 Å². The summed E-state index contributed by atoms with van der Waals surface area (Å²) < 4.78 is 17.6. The molecule has 2 aliphatic carbocycles. The average molecular weight is 500 g/mol. The van der Waals surface area contributed by atoms with Crippen LogP contribution in [-0.4, -0.2) is 42.8 Å². The number of carbonyl (C=O) groups is 3. The first-order valence-corrected chi connectivity index (χ1v) is 12.1. The third-order valence-corrected chi connectivity index (χ3v) is 6.22. The molecule has 4 rings (SSSR count). The summed E-state index contributed by atoms with van der Waals surface area (Å²) in [4.78, 5) is 39.3. The molecule has 0 saturated heterocycles. The lowest BCUT2D eigenvalue weighted by Crippen LogP contribution is -2.14. The molecule has 7 nitrogen and oxygen atoms in total. The lowest BCUT2D eigenvalue weighted by molar-refractivity contribution is -0.139. The van der Waals surface area contributed by atoms with Crippen molar-refractivity contribution in [1.29, 1.82) is 0 Å². The number of aromatic nitrogens is 1. The number of ether oxygens (including phenoxy) is 3. The lowest BCUT2D eigenvalue weighted by Gasteiger charge is -2.16. The molecule has 7 heteroatoms. The highest BCUT2D eigenvalue weighted by atomic mass is 16.5. The number of nitrogens with zero attached hydrogens (tertiary/aromatic N) is 1. The predicted molar refractivity (Wildman–Crippen MR) is 142 cm³/mol. The first kappa shape index (κ1) is 25.7. The van der Waals surface area contributed by atoms with Gasteiger partial charge in [-0.05, 0) is 51.0 Å². The fraction of sp³-hybridized carbons (Fsp3) is 0.233. The van der Waals surface area contributed by atoms with Crippen LogP contribution in [0.25, 0.3) is 33.2 Å². The van der Waals surface area contributed by atoms with Crippen LogP contribution >= 0.6 is 0 Å². The van der Waals surface area contributed by atoms with Crippen molar-refractivity contribution in [3.63, 3.8) is 0 Å². The minimum Gasteiger partial charge on any atom is -0.465 e. The molecule has 190 valence electrons. The molecule has 0 amide bonds. The van der Waals surface area contributed by atoms with Gasteiger partial charge in [-0.25, -0.2) is 14.4 Å². The second-order valence-electron chi connectivity index (χ2n) is 8.49. The minimum absolute atomic E-state index is 0.0104. The largest absolute Gasteiger partial charge is 0.465 e. The van der Waals surface area contributed by atoms with Crippen molar-refractivity contribution in [1.82, 2.24) is 4.57 Å². The Hall–Kier alpha value is -4.39. The van der Waals surface area contributed by atoms with Gasteiger partial charge in [0.05, 0.1) is 37.2 Å². The van der Waals surface area contributed by atoms with E-state index in [1.54, 1.807) is 13.8 Å². The summed E-state index contributed by atoms with van der Waals surface area (Å²) in [5.41, 5.74) is 4.79. The van der Waals surface area contributed by atoms with Crippen LogP contribution < -0.4 is 0 Å². The van der Waals surface area contributed by atoms with Gasteiger partial charge in [0.15, 0.2) is 0 Å². The van der Waals surface area contributed by atoms with Crippen LogP contribution in [0, 0.1) is 13.8 Å². The SMILES string of the molecule is CCOC(=O)C=C(C(=O)OCC)c1c2c(C(=O)OC)c3cccccc-3c2c(C)n1-c1ccc(C)cc1. The Kier molecular flexibility index (Phi) is 7.43. The Balaban J connectivity index is 2.25. The Morgan fingerprint density at radius 2 is 1.49 bits per heavy atom. The molecule has 1 aromatic carbocycles. The highest BCUT2D eigenvalue weighted by molar-refractivity contribution is 6.29. The summed E-state index contributed by atoms with van der Waals surface area (Å²) in [5, 5.41) is 1.29. The molecule has 0 saturated carbocycles. The van der Waals surface area contributed by atoms with E-state index in [1.165, 1.54) is 7.11 Å². The molecule has 1 aromatic heterocycles. The number of esters is 3. The number of methoxy groups -OCH3 is 1. The fourth-order valence-corrected chi connectivity index (χ4v) is 4.70. The number of hydrogen-bond acceptors (Lipinski definition) is 6. The molecule has 0 atom stereocenters. The van der Waals surface area contributed by atoms with Crippen molar-refractivity contribution >= 4 is 34.3 Å². The molecule has 0 bridgehead atoms. The summed E-state index contributed by atoms with van der Waals surface area (Å²) in [5.74, 6) is -1.93.